The van der Waals surface area contributed by atoms with Gasteiger partial charge in [0, 0.05) is 12.1 Å². The number of nitrogens with one attached hydrogen (secondary N) is 1. The van der Waals surface area contributed by atoms with Gasteiger partial charge < -0.3 is 5.32 Å². The third-order valence-corrected chi connectivity index (χ3v) is 4.65. The average molecular weight is 223 g/mol. The van der Waals surface area contributed by atoms with Gasteiger partial charge in [-0.05, 0) is 43.9 Å². The van der Waals surface area contributed by atoms with Crippen LogP contribution in [0.5, 0.6) is 0 Å². The average Bonchev–Trinajstić information content (AvgIpc) is 2.42. The first-order chi connectivity index (χ1) is 7.66. The van der Waals surface area contributed by atoms with Crippen LogP contribution in [0.2, 0.25) is 0 Å². The molecule has 0 aromatic rings. The van der Waals surface area contributed by atoms with Gasteiger partial charge in [0.1, 0.15) is 0 Å². The molecule has 1 atom stereocenters. The number of hydrogen-bond donors (Lipinski definition) is 1. The van der Waals surface area contributed by atoms with Crippen molar-refractivity contribution in [3.63, 3.8) is 0 Å². The van der Waals surface area contributed by atoms with Crippen molar-refractivity contribution in [2.75, 3.05) is 0 Å². The van der Waals surface area contributed by atoms with E-state index < -0.39 is 0 Å². The van der Waals surface area contributed by atoms with E-state index in [-0.39, 0.29) is 0 Å². The van der Waals surface area contributed by atoms with Gasteiger partial charge in [-0.15, -0.1) is 0 Å². The third kappa shape index (κ3) is 3.76. The third-order valence-electron chi connectivity index (χ3n) is 4.65. The van der Waals surface area contributed by atoms with Gasteiger partial charge in [-0.2, -0.15) is 0 Å². The maximum Gasteiger partial charge on any atom is 0.00698 e. The smallest absolute Gasteiger partial charge is 0.00698 e. The topological polar surface area (TPSA) is 12.0 Å². The summed E-state index contributed by atoms with van der Waals surface area (Å²) in [5.41, 5.74) is 0.600. The van der Waals surface area contributed by atoms with Crippen LogP contribution in [-0.2, 0) is 0 Å². The van der Waals surface area contributed by atoms with Gasteiger partial charge >= 0.3 is 0 Å². The Morgan fingerprint density at radius 1 is 0.750 bits per heavy atom. The van der Waals surface area contributed by atoms with Crippen molar-refractivity contribution < 1.29 is 0 Å². The van der Waals surface area contributed by atoms with E-state index >= 15 is 0 Å². The second-order valence-electron chi connectivity index (χ2n) is 6.79. The van der Waals surface area contributed by atoms with Crippen LogP contribution in [0.25, 0.3) is 0 Å². The molecular weight excluding hydrogens is 194 g/mol. The van der Waals surface area contributed by atoms with Gasteiger partial charge in [0.25, 0.3) is 0 Å². The van der Waals surface area contributed by atoms with Gasteiger partial charge in [-0.3, -0.25) is 0 Å². The van der Waals surface area contributed by atoms with Crippen molar-refractivity contribution in [3.8, 4) is 0 Å². The molecule has 0 heterocycles. The van der Waals surface area contributed by atoms with Crippen molar-refractivity contribution in [3.05, 3.63) is 0 Å². The molecule has 2 aliphatic carbocycles. The predicted octanol–water partition coefficient (Wildman–Crippen LogP) is 4.27. The first-order valence-electron chi connectivity index (χ1n) is 7.42. The molecule has 0 amide bonds. The van der Waals surface area contributed by atoms with Crippen LogP contribution < -0.4 is 5.32 Å². The minimum absolute atomic E-state index is 0.600. The first-order valence-corrected chi connectivity index (χ1v) is 7.42. The summed E-state index contributed by atoms with van der Waals surface area (Å²) in [6, 6.07) is 1.67. The molecule has 1 N–H and O–H groups in total. The van der Waals surface area contributed by atoms with Gasteiger partial charge in [0.05, 0.1) is 0 Å². The van der Waals surface area contributed by atoms with E-state index in [4.69, 9.17) is 0 Å². The van der Waals surface area contributed by atoms with Crippen LogP contribution in [0.1, 0.15) is 78.1 Å². The summed E-state index contributed by atoms with van der Waals surface area (Å²) < 4.78 is 0. The van der Waals surface area contributed by atoms with Gasteiger partial charge in [-0.25, -0.2) is 0 Å². The highest BCUT2D eigenvalue weighted by atomic mass is 14.9. The van der Waals surface area contributed by atoms with E-state index in [2.05, 4.69) is 19.2 Å². The lowest BCUT2D eigenvalue weighted by atomic mass is 9.85. The first kappa shape index (κ1) is 12.4. The molecule has 0 radical (unpaired) electrons. The molecule has 2 fully saturated rings. The van der Waals surface area contributed by atoms with Crippen LogP contribution in [0.15, 0.2) is 0 Å². The fraction of sp³-hybridized carbons (Fsp3) is 1.00. The lowest BCUT2D eigenvalue weighted by Gasteiger charge is -2.28. The normalized spacial score (nSPS) is 32.2. The van der Waals surface area contributed by atoms with E-state index in [0.29, 0.717) is 5.41 Å². The molecule has 2 aliphatic rings. The lowest BCUT2D eigenvalue weighted by molar-refractivity contribution is 0.295. The highest BCUT2D eigenvalue weighted by Gasteiger charge is 2.25. The summed E-state index contributed by atoms with van der Waals surface area (Å²) in [7, 11) is 0. The van der Waals surface area contributed by atoms with Gasteiger partial charge in [0.2, 0.25) is 0 Å². The molecule has 0 bridgehead atoms. The Morgan fingerprint density at radius 3 is 2.12 bits per heavy atom. The largest absolute Gasteiger partial charge is 0.311 e. The minimum Gasteiger partial charge on any atom is -0.311 e. The molecule has 0 spiro atoms. The zero-order valence-electron chi connectivity index (χ0n) is 11.2. The minimum atomic E-state index is 0.600. The molecule has 2 saturated carbocycles. The zero-order chi connectivity index (χ0) is 11.4. The summed E-state index contributed by atoms with van der Waals surface area (Å²) in [5, 5.41) is 3.94. The molecule has 2 rings (SSSR count). The molecule has 1 unspecified atom stereocenters. The van der Waals surface area contributed by atoms with Crippen molar-refractivity contribution in [1.82, 2.24) is 5.32 Å². The summed E-state index contributed by atoms with van der Waals surface area (Å²) in [5.74, 6) is 0. The molecule has 94 valence electrons. The number of hydrogen-bond acceptors (Lipinski definition) is 1. The van der Waals surface area contributed by atoms with Crippen molar-refractivity contribution in [2.45, 2.75) is 90.1 Å². The van der Waals surface area contributed by atoms with Crippen LogP contribution in [0.4, 0.5) is 0 Å². The van der Waals surface area contributed by atoms with E-state index in [1.165, 1.54) is 64.2 Å². The molecule has 0 aromatic heterocycles. The van der Waals surface area contributed by atoms with Crippen molar-refractivity contribution >= 4 is 0 Å². The van der Waals surface area contributed by atoms with Gasteiger partial charge in [-0.1, -0.05) is 39.5 Å². The molecule has 1 heteroatoms. The van der Waals surface area contributed by atoms with Gasteiger partial charge in [0.15, 0.2) is 0 Å². The zero-order valence-corrected chi connectivity index (χ0v) is 11.2. The molecule has 0 saturated heterocycles. The quantitative estimate of drug-likeness (QED) is 0.689. The predicted molar refractivity (Wildman–Crippen MR) is 70.7 cm³/mol. The summed E-state index contributed by atoms with van der Waals surface area (Å²) >= 11 is 0. The Labute approximate surface area is 101 Å². The van der Waals surface area contributed by atoms with E-state index in [1.54, 1.807) is 0 Å². The monoisotopic (exact) mass is 223 g/mol. The second kappa shape index (κ2) is 5.53. The van der Waals surface area contributed by atoms with Crippen LogP contribution in [0, 0.1) is 5.41 Å². The van der Waals surface area contributed by atoms with E-state index in [1.807, 2.05) is 0 Å². The maximum atomic E-state index is 3.94. The fourth-order valence-corrected chi connectivity index (χ4v) is 3.43. The van der Waals surface area contributed by atoms with Crippen molar-refractivity contribution in [1.29, 1.82) is 0 Å². The number of rotatable bonds is 2. The maximum absolute atomic E-state index is 3.94. The summed E-state index contributed by atoms with van der Waals surface area (Å²) in [6.45, 7) is 4.88. The standard InChI is InChI=1S/C15H29N/c1-15(2)11-6-9-14(10-12-15)16-13-7-4-3-5-8-13/h13-14,16H,3-12H2,1-2H3. The Morgan fingerprint density at radius 2 is 1.38 bits per heavy atom. The molecule has 1 nitrogen and oxygen atoms in total. The van der Waals surface area contributed by atoms with Crippen LogP contribution in [0.3, 0.4) is 0 Å². The fourth-order valence-electron chi connectivity index (χ4n) is 3.43. The molecule has 0 aliphatic heterocycles. The SMILES string of the molecule is CC1(C)CCCC(NC2CCCCC2)CC1. The van der Waals surface area contributed by atoms with Crippen LogP contribution >= 0.6 is 0 Å². The molecule has 16 heavy (non-hydrogen) atoms. The van der Waals surface area contributed by atoms with Crippen molar-refractivity contribution in [2.24, 2.45) is 5.41 Å². The summed E-state index contributed by atoms with van der Waals surface area (Å²) in [6.07, 6.45) is 14.3. The Hall–Kier alpha value is -0.0400. The Kier molecular flexibility index (Phi) is 4.29. The molecular formula is C15H29N. The van der Waals surface area contributed by atoms with Crippen LogP contribution in [-0.4, -0.2) is 12.1 Å². The Balaban J connectivity index is 1.76. The Bertz CT molecular complexity index is 203. The van der Waals surface area contributed by atoms with E-state index in [0.717, 1.165) is 12.1 Å². The van der Waals surface area contributed by atoms with E-state index in [9.17, 15) is 0 Å². The lowest BCUT2D eigenvalue weighted by Crippen LogP contribution is -2.39. The molecule has 0 aromatic carbocycles. The highest BCUT2D eigenvalue weighted by Crippen LogP contribution is 2.34. The summed E-state index contributed by atoms with van der Waals surface area (Å²) in [4.78, 5) is 0. The highest BCUT2D eigenvalue weighted by molar-refractivity contribution is 4.83. The second-order valence-corrected chi connectivity index (χ2v) is 6.79.